The Morgan fingerprint density at radius 1 is 1.06 bits per heavy atom. The summed E-state index contributed by atoms with van der Waals surface area (Å²) < 4.78 is 32.2. The number of nitrogen functional groups attached to an aromatic ring is 1. The molecule has 0 spiro atoms. The molecule has 1 fully saturated rings. The molecule has 2 N–H and O–H groups in total. The minimum Gasteiger partial charge on any atom is -0.484 e. The fourth-order valence-corrected chi connectivity index (χ4v) is 2.04. The van der Waals surface area contributed by atoms with Crippen LogP contribution in [0, 0.1) is 11.6 Å². The summed E-state index contributed by atoms with van der Waals surface area (Å²) in [6.07, 6.45) is 4.95. The van der Waals surface area contributed by atoms with Crippen LogP contribution in [0.5, 0.6) is 5.75 Å². The lowest BCUT2D eigenvalue weighted by Crippen LogP contribution is -2.20. The predicted octanol–water partition coefficient (Wildman–Crippen LogP) is 3.26. The van der Waals surface area contributed by atoms with Crippen molar-refractivity contribution in [2.75, 3.05) is 5.73 Å². The maximum atomic E-state index is 13.4. The molecule has 1 aliphatic carbocycles. The van der Waals surface area contributed by atoms with Crippen molar-refractivity contribution in [3.05, 3.63) is 23.8 Å². The molecule has 0 aromatic heterocycles. The normalized spacial score (nSPS) is 17.4. The summed E-state index contributed by atoms with van der Waals surface area (Å²) in [6.45, 7) is 0. The number of nitrogens with two attached hydrogens (primary N) is 1. The van der Waals surface area contributed by atoms with Crippen LogP contribution in [0.2, 0.25) is 0 Å². The van der Waals surface area contributed by atoms with Crippen LogP contribution in [0.1, 0.15) is 32.1 Å². The van der Waals surface area contributed by atoms with Crippen molar-refractivity contribution in [2.24, 2.45) is 0 Å². The molecular formula is C12H15F2NO. The van der Waals surface area contributed by atoms with Crippen LogP contribution in [-0.4, -0.2) is 6.10 Å². The Hall–Kier alpha value is -1.32. The Bertz CT molecular complexity index is 352. The van der Waals surface area contributed by atoms with Gasteiger partial charge in [-0.05, 0) is 25.7 Å². The van der Waals surface area contributed by atoms with Gasteiger partial charge in [-0.25, -0.2) is 8.78 Å². The molecule has 2 rings (SSSR count). The van der Waals surface area contributed by atoms with Crippen molar-refractivity contribution in [1.82, 2.24) is 0 Å². The summed E-state index contributed by atoms with van der Waals surface area (Å²) in [5, 5.41) is 0. The van der Waals surface area contributed by atoms with Gasteiger partial charge in [0.1, 0.15) is 0 Å². The molecule has 0 atom stereocenters. The van der Waals surface area contributed by atoms with Gasteiger partial charge in [0, 0.05) is 17.8 Å². The SMILES string of the molecule is Nc1cc(F)c(OC2CCCCC2)c(F)c1. The number of hydrogen-bond acceptors (Lipinski definition) is 2. The molecule has 1 aromatic carbocycles. The van der Waals surface area contributed by atoms with Gasteiger partial charge in [-0.3, -0.25) is 0 Å². The van der Waals surface area contributed by atoms with Crippen LogP contribution in [0.15, 0.2) is 12.1 Å². The lowest BCUT2D eigenvalue weighted by molar-refractivity contribution is 0.142. The predicted molar refractivity (Wildman–Crippen MR) is 58.3 cm³/mol. The highest BCUT2D eigenvalue weighted by Crippen LogP contribution is 2.29. The van der Waals surface area contributed by atoms with Gasteiger partial charge in [0.25, 0.3) is 0 Å². The maximum Gasteiger partial charge on any atom is 0.191 e. The van der Waals surface area contributed by atoms with Crippen molar-refractivity contribution in [2.45, 2.75) is 38.2 Å². The minimum atomic E-state index is -0.719. The van der Waals surface area contributed by atoms with Gasteiger partial charge in [-0.1, -0.05) is 6.42 Å². The zero-order chi connectivity index (χ0) is 11.5. The van der Waals surface area contributed by atoms with Crippen molar-refractivity contribution in [1.29, 1.82) is 0 Å². The van der Waals surface area contributed by atoms with E-state index in [-0.39, 0.29) is 17.5 Å². The van der Waals surface area contributed by atoms with E-state index >= 15 is 0 Å². The third-order valence-corrected chi connectivity index (χ3v) is 2.86. The molecule has 0 heterocycles. The van der Waals surface area contributed by atoms with Crippen molar-refractivity contribution < 1.29 is 13.5 Å². The van der Waals surface area contributed by atoms with Gasteiger partial charge >= 0.3 is 0 Å². The zero-order valence-electron chi connectivity index (χ0n) is 9.01. The van der Waals surface area contributed by atoms with Crippen molar-refractivity contribution >= 4 is 5.69 Å². The first-order chi connectivity index (χ1) is 7.66. The lowest BCUT2D eigenvalue weighted by Gasteiger charge is -2.23. The van der Waals surface area contributed by atoms with E-state index in [2.05, 4.69) is 0 Å². The van der Waals surface area contributed by atoms with Gasteiger partial charge in [0.15, 0.2) is 17.4 Å². The smallest absolute Gasteiger partial charge is 0.191 e. The minimum absolute atomic E-state index is 0.0682. The van der Waals surface area contributed by atoms with Crippen LogP contribution in [0.3, 0.4) is 0 Å². The molecule has 1 aromatic rings. The van der Waals surface area contributed by atoms with E-state index in [1.807, 2.05) is 0 Å². The van der Waals surface area contributed by atoms with Crippen LogP contribution in [0.4, 0.5) is 14.5 Å². The van der Waals surface area contributed by atoms with E-state index in [0.29, 0.717) is 0 Å². The Morgan fingerprint density at radius 2 is 1.62 bits per heavy atom. The van der Waals surface area contributed by atoms with E-state index in [1.165, 1.54) is 6.42 Å². The highest BCUT2D eigenvalue weighted by molar-refractivity contribution is 5.44. The standard InChI is InChI=1S/C12H15F2NO/c13-10-6-8(15)7-11(14)12(10)16-9-4-2-1-3-5-9/h6-7,9H,1-5,15H2. The average Bonchev–Trinajstić information content (AvgIpc) is 2.25. The van der Waals surface area contributed by atoms with Crippen molar-refractivity contribution in [3.8, 4) is 5.75 Å². The third kappa shape index (κ3) is 2.43. The maximum absolute atomic E-state index is 13.4. The molecule has 88 valence electrons. The molecular weight excluding hydrogens is 212 g/mol. The number of hydrogen-bond donors (Lipinski definition) is 1. The quantitative estimate of drug-likeness (QED) is 0.787. The molecule has 2 nitrogen and oxygen atoms in total. The molecule has 16 heavy (non-hydrogen) atoms. The number of rotatable bonds is 2. The van der Waals surface area contributed by atoms with E-state index in [4.69, 9.17) is 10.5 Å². The number of halogens is 2. The van der Waals surface area contributed by atoms with Gasteiger partial charge in [-0.15, -0.1) is 0 Å². The van der Waals surface area contributed by atoms with Gasteiger partial charge in [0.2, 0.25) is 0 Å². The highest BCUT2D eigenvalue weighted by atomic mass is 19.1. The molecule has 0 radical (unpaired) electrons. The molecule has 1 saturated carbocycles. The monoisotopic (exact) mass is 227 g/mol. The van der Waals surface area contributed by atoms with Crippen LogP contribution >= 0.6 is 0 Å². The topological polar surface area (TPSA) is 35.2 Å². The third-order valence-electron chi connectivity index (χ3n) is 2.86. The number of ether oxygens (including phenoxy) is 1. The van der Waals surface area contributed by atoms with Crippen LogP contribution in [0.25, 0.3) is 0 Å². The summed E-state index contributed by atoms with van der Waals surface area (Å²) >= 11 is 0. The second-order valence-corrected chi connectivity index (χ2v) is 4.19. The Labute approximate surface area is 93.4 Å². The first kappa shape index (κ1) is 11.2. The van der Waals surface area contributed by atoms with E-state index in [0.717, 1.165) is 37.8 Å². The summed E-state index contributed by atoms with van der Waals surface area (Å²) in [5.41, 5.74) is 5.40. The van der Waals surface area contributed by atoms with E-state index in [9.17, 15) is 8.78 Å². The van der Waals surface area contributed by atoms with Gasteiger partial charge < -0.3 is 10.5 Å². The number of anilines is 1. The molecule has 4 heteroatoms. The first-order valence-corrected chi connectivity index (χ1v) is 5.58. The Kier molecular flexibility index (Phi) is 3.27. The van der Waals surface area contributed by atoms with Gasteiger partial charge in [-0.2, -0.15) is 0 Å². The fraction of sp³-hybridized carbons (Fsp3) is 0.500. The number of benzene rings is 1. The molecule has 0 bridgehead atoms. The van der Waals surface area contributed by atoms with E-state index in [1.54, 1.807) is 0 Å². The molecule has 0 unspecified atom stereocenters. The summed E-state index contributed by atoms with van der Waals surface area (Å²) in [4.78, 5) is 0. The van der Waals surface area contributed by atoms with E-state index < -0.39 is 11.6 Å². The summed E-state index contributed by atoms with van der Waals surface area (Å²) in [7, 11) is 0. The van der Waals surface area contributed by atoms with Gasteiger partial charge in [0.05, 0.1) is 6.10 Å². The Balaban J connectivity index is 2.14. The van der Waals surface area contributed by atoms with Crippen LogP contribution < -0.4 is 10.5 Å². The van der Waals surface area contributed by atoms with Crippen LogP contribution in [-0.2, 0) is 0 Å². The molecule has 1 aliphatic rings. The largest absolute Gasteiger partial charge is 0.484 e. The van der Waals surface area contributed by atoms with Crippen molar-refractivity contribution in [3.63, 3.8) is 0 Å². The fourth-order valence-electron chi connectivity index (χ4n) is 2.04. The molecule has 0 aliphatic heterocycles. The second kappa shape index (κ2) is 4.68. The first-order valence-electron chi connectivity index (χ1n) is 5.58. The lowest BCUT2D eigenvalue weighted by atomic mass is 9.98. The summed E-state index contributed by atoms with van der Waals surface area (Å²) in [5.74, 6) is -1.73. The Morgan fingerprint density at radius 3 is 2.19 bits per heavy atom. The zero-order valence-corrected chi connectivity index (χ0v) is 9.01. The average molecular weight is 227 g/mol. The highest BCUT2D eigenvalue weighted by Gasteiger charge is 2.19. The summed E-state index contributed by atoms with van der Waals surface area (Å²) in [6, 6.07) is 2.17. The molecule has 0 amide bonds. The second-order valence-electron chi connectivity index (χ2n) is 4.19. The molecule has 0 saturated heterocycles.